The fraction of sp³-hybridized carbons (Fsp3) is 0.864. The second-order valence-electron chi connectivity index (χ2n) is 8.96. The van der Waals surface area contributed by atoms with Crippen LogP contribution in [0, 0.1) is 29.6 Å². The van der Waals surface area contributed by atoms with E-state index in [4.69, 9.17) is 0 Å². The molecule has 0 aromatic heterocycles. The Labute approximate surface area is 158 Å². The molecule has 1 nitrogen and oxygen atoms in total. The third-order valence-corrected chi connectivity index (χ3v) is 7.30. The number of rotatable bonds is 4. The van der Waals surface area contributed by atoms with Crippen LogP contribution >= 0.6 is 12.2 Å². The summed E-state index contributed by atoms with van der Waals surface area (Å²) in [6, 6.07) is -0.216. The molecular formula is C22H34FNS. The topological polar surface area (TPSA) is 12.4 Å². The summed E-state index contributed by atoms with van der Waals surface area (Å²) in [6.07, 6.45) is 17.7. The number of halogens is 1. The molecule has 3 aliphatic rings. The highest BCUT2D eigenvalue weighted by Gasteiger charge is 2.35. The summed E-state index contributed by atoms with van der Waals surface area (Å²) in [4.78, 5) is 4.01. The van der Waals surface area contributed by atoms with Crippen LogP contribution in [-0.2, 0) is 0 Å². The van der Waals surface area contributed by atoms with Crippen LogP contribution in [0.1, 0.15) is 77.6 Å². The predicted molar refractivity (Wildman–Crippen MR) is 107 cm³/mol. The Morgan fingerprint density at radius 1 is 0.840 bits per heavy atom. The Balaban J connectivity index is 1.41. The normalized spacial score (nSPS) is 42.9. The van der Waals surface area contributed by atoms with Crippen LogP contribution < -0.4 is 0 Å². The van der Waals surface area contributed by atoms with E-state index in [0.717, 1.165) is 36.5 Å². The lowest BCUT2D eigenvalue weighted by Crippen LogP contribution is -2.33. The molecule has 3 aliphatic carbocycles. The molecule has 140 valence electrons. The smallest absolute Gasteiger partial charge is 0.123 e. The zero-order chi connectivity index (χ0) is 17.6. The van der Waals surface area contributed by atoms with Crippen molar-refractivity contribution in [2.24, 2.45) is 34.6 Å². The van der Waals surface area contributed by atoms with Gasteiger partial charge in [0.15, 0.2) is 0 Å². The van der Waals surface area contributed by atoms with Gasteiger partial charge in [0.1, 0.15) is 6.17 Å². The third-order valence-electron chi connectivity index (χ3n) is 7.20. The van der Waals surface area contributed by atoms with Crippen LogP contribution in [0.2, 0.25) is 0 Å². The zero-order valence-electron chi connectivity index (χ0n) is 15.7. The van der Waals surface area contributed by atoms with Crippen molar-refractivity contribution in [1.82, 2.24) is 0 Å². The SMILES string of the molecule is CC1CCC(C=CC2CCC(C3CCC(N=C=S)C(F)C3)CC2)CC1. The van der Waals surface area contributed by atoms with E-state index in [0.29, 0.717) is 12.3 Å². The van der Waals surface area contributed by atoms with E-state index in [9.17, 15) is 4.39 Å². The van der Waals surface area contributed by atoms with E-state index in [1.54, 1.807) is 0 Å². The van der Waals surface area contributed by atoms with E-state index < -0.39 is 6.17 Å². The number of hydrogen-bond donors (Lipinski definition) is 0. The average Bonchev–Trinajstić information content (AvgIpc) is 2.63. The van der Waals surface area contributed by atoms with E-state index in [1.807, 2.05) is 0 Å². The van der Waals surface area contributed by atoms with Crippen LogP contribution in [0.5, 0.6) is 0 Å². The second kappa shape index (κ2) is 9.42. The first-order valence-corrected chi connectivity index (χ1v) is 11.0. The summed E-state index contributed by atoms with van der Waals surface area (Å²) >= 11 is 4.64. The second-order valence-corrected chi connectivity index (χ2v) is 9.14. The highest BCUT2D eigenvalue weighted by atomic mass is 32.1. The fourth-order valence-electron chi connectivity index (χ4n) is 5.37. The molecule has 0 aromatic rings. The lowest BCUT2D eigenvalue weighted by Gasteiger charge is -2.37. The van der Waals surface area contributed by atoms with Crippen molar-refractivity contribution >= 4 is 17.4 Å². The quantitative estimate of drug-likeness (QED) is 0.304. The Hall–Kier alpha value is -0.530. The van der Waals surface area contributed by atoms with Crippen molar-refractivity contribution < 1.29 is 4.39 Å². The molecule has 3 unspecified atom stereocenters. The molecule has 0 bridgehead atoms. The van der Waals surface area contributed by atoms with E-state index in [2.05, 4.69) is 41.4 Å². The Bertz CT molecular complexity index is 482. The maximum atomic E-state index is 14.3. The first kappa shape index (κ1) is 19.2. The van der Waals surface area contributed by atoms with Gasteiger partial charge in [-0.3, -0.25) is 0 Å². The number of nitrogens with zero attached hydrogens (tertiary/aromatic N) is 1. The van der Waals surface area contributed by atoms with E-state index in [1.165, 1.54) is 51.4 Å². The fourth-order valence-corrected chi connectivity index (χ4v) is 5.51. The van der Waals surface area contributed by atoms with Gasteiger partial charge in [-0.25, -0.2) is 9.38 Å². The number of allylic oxidation sites excluding steroid dienone is 2. The summed E-state index contributed by atoms with van der Waals surface area (Å²) in [5.74, 6) is 3.84. The lowest BCUT2D eigenvalue weighted by molar-refractivity contribution is 0.110. The van der Waals surface area contributed by atoms with Gasteiger partial charge in [-0.15, -0.1) is 0 Å². The monoisotopic (exact) mass is 363 g/mol. The van der Waals surface area contributed by atoms with Crippen LogP contribution in [0.25, 0.3) is 0 Å². The summed E-state index contributed by atoms with van der Waals surface area (Å²) in [7, 11) is 0. The van der Waals surface area contributed by atoms with Gasteiger partial charge in [0, 0.05) is 0 Å². The standard InChI is InChI=1S/C22H34FNS/c1-16-2-4-17(5-3-16)6-7-18-8-10-19(11-9-18)20-12-13-22(24-15-25)21(23)14-20/h6-7,16-22H,2-5,8-14H2,1H3. The van der Waals surface area contributed by atoms with Gasteiger partial charge >= 0.3 is 0 Å². The summed E-state index contributed by atoms with van der Waals surface area (Å²) < 4.78 is 14.3. The van der Waals surface area contributed by atoms with Crippen LogP contribution in [0.3, 0.4) is 0 Å². The van der Waals surface area contributed by atoms with Crippen molar-refractivity contribution in [3.8, 4) is 0 Å². The summed E-state index contributed by atoms with van der Waals surface area (Å²) in [5.41, 5.74) is 0. The highest BCUT2D eigenvalue weighted by molar-refractivity contribution is 7.78. The van der Waals surface area contributed by atoms with Crippen molar-refractivity contribution in [3.05, 3.63) is 12.2 Å². The first-order chi connectivity index (χ1) is 12.2. The highest BCUT2D eigenvalue weighted by Crippen LogP contribution is 2.42. The molecule has 3 heteroatoms. The van der Waals surface area contributed by atoms with Crippen LogP contribution in [-0.4, -0.2) is 17.4 Å². The number of aliphatic imine (C=N–C) groups is 1. The number of isothiocyanates is 1. The van der Waals surface area contributed by atoms with E-state index >= 15 is 0 Å². The van der Waals surface area contributed by atoms with Gasteiger partial charge in [0.05, 0.1) is 11.2 Å². The number of thiocarbonyl (C=S) groups is 1. The van der Waals surface area contributed by atoms with Gasteiger partial charge in [-0.1, -0.05) is 31.9 Å². The van der Waals surface area contributed by atoms with Crippen molar-refractivity contribution in [3.63, 3.8) is 0 Å². The van der Waals surface area contributed by atoms with E-state index in [-0.39, 0.29) is 6.04 Å². The minimum atomic E-state index is -0.805. The number of alkyl halides is 1. The molecule has 3 atom stereocenters. The molecule has 0 amide bonds. The van der Waals surface area contributed by atoms with Gasteiger partial charge in [0.25, 0.3) is 0 Å². The molecule has 0 radical (unpaired) electrons. The molecular weight excluding hydrogens is 329 g/mol. The third kappa shape index (κ3) is 5.47. The van der Waals surface area contributed by atoms with Gasteiger partial charge < -0.3 is 0 Å². The molecule has 0 aromatic carbocycles. The Morgan fingerprint density at radius 3 is 1.96 bits per heavy atom. The van der Waals surface area contributed by atoms with Crippen LogP contribution in [0.15, 0.2) is 17.1 Å². The molecule has 0 N–H and O–H groups in total. The summed E-state index contributed by atoms with van der Waals surface area (Å²) in [5, 5.41) is 2.37. The number of hydrogen-bond acceptors (Lipinski definition) is 2. The average molecular weight is 364 g/mol. The molecule has 3 fully saturated rings. The minimum Gasteiger partial charge on any atom is -0.245 e. The maximum Gasteiger partial charge on any atom is 0.123 e. The van der Waals surface area contributed by atoms with Crippen molar-refractivity contribution in [2.45, 2.75) is 89.8 Å². The molecule has 0 saturated heterocycles. The van der Waals surface area contributed by atoms with Crippen molar-refractivity contribution in [2.75, 3.05) is 0 Å². The summed E-state index contributed by atoms with van der Waals surface area (Å²) in [6.45, 7) is 2.39. The minimum absolute atomic E-state index is 0.216. The first-order valence-electron chi connectivity index (χ1n) is 10.5. The van der Waals surface area contributed by atoms with Crippen LogP contribution in [0.4, 0.5) is 4.39 Å². The molecule has 0 aliphatic heterocycles. The molecule has 25 heavy (non-hydrogen) atoms. The molecule has 3 saturated carbocycles. The molecule has 0 spiro atoms. The lowest BCUT2D eigenvalue weighted by atomic mass is 9.69. The molecule has 0 heterocycles. The Kier molecular flexibility index (Phi) is 7.25. The van der Waals surface area contributed by atoms with Gasteiger partial charge in [-0.05, 0) is 99.6 Å². The van der Waals surface area contributed by atoms with Gasteiger partial charge in [-0.2, -0.15) is 0 Å². The maximum absolute atomic E-state index is 14.3. The largest absolute Gasteiger partial charge is 0.245 e. The zero-order valence-corrected chi connectivity index (χ0v) is 16.5. The molecule has 3 rings (SSSR count). The predicted octanol–water partition coefficient (Wildman–Crippen LogP) is 6.78. The van der Waals surface area contributed by atoms with Gasteiger partial charge in [0.2, 0.25) is 0 Å². The van der Waals surface area contributed by atoms with Crippen molar-refractivity contribution in [1.29, 1.82) is 0 Å². The Morgan fingerprint density at radius 2 is 1.40 bits per heavy atom.